The molecule has 0 aliphatic heterocycles. The highest BCUT2D eigenvalue weighted by Gasteiger charge is 2.20. The summed E-state index contributed by atoms with van der Waals surface area (Å²) in [6.07, 6.45) is 5.45. The largest absolute Gasteiger partial charge is 0.508 e. The number of hydrogen-bond acceptors (Lipinski definition) is 3. The van der Waals surface area contributed by atoms with Crippen molar-refractivity contribution in [1.82, 2.24) is 5.43 Å². The number of rotatable bonds is 3. The molecule has 0 saturated heterocycles. The van der Waals surface area contributed by atoms with Crippen molar-refractivity contribution in [2.45, 2.75) is 39.0 Å². The van der Waals surface area contributed by atoms with Gasteiger partial charge in [-0.3, -0.25) is 4.79 Å². The topological polar surface area (TPSA) is 61.7 Å². The highest BCUT2D eigenvalue weighted by Crippen LogP contribution is 2.23. The maximum atomic E-state index is 11.9. The number of benzene rings is 1. The van der Waals surface area contributed by atoms with Crippen molar-refractivity contribution < 1.29 is 9.90 Å². The normalized spacial score (nSPS) is 17.2. The highest BCUT2D eigenvalue weighted by molar-refractivity contribution is 5.99. The van der Waals surface area contributed by atoms with E-state index in [1.165, 1.54) is 6.42 Å². The van der Waals surface area contributed by atoms with Crippen LogP contribution in [0.3, 0.4) is 0 Å². The lowest BCUT2D eigenvalue weighted by Gasteiger charge is -2.19. The molecule has 1 fully saturated rings. The van der Waals surface area contributed by atoms with Crippen molar-refractivity contribution in [3.63, 3.8) is 0 Å². The van der Waals surface area contributed by atoms with Gasteiger partial charge in [-0.1, -0.05) is 19.3 Å². The molecule has 0 radical (unpaired) electrons. The number of hydrogen-bond donors (Lipinski definition) is 2. The van der Waals surface area contributed by atoms with E-state index in [-0.39, 0.29) is 17.6 Å². The number of hydrazone groups is 1. The molecule has 0 aromatic heterocycles. The van der Waals surface area contributed by atoms with Gasteiger partial charge in [0.2, 0.25) is 5.91 Å². The number of phenols is 1. The Morgan fingerprint density at radius 2 is 1.84 bits per heavy atom. The van der Waals surface area contributed by atoms with Crippen LogP contribution < -0.4 is 5.43 Å². The molecule has 0 atom stereocenters. The smallest absolute Gasteiger partial charge is 0.243 e. The molecule has 102 valence electrons. The van der Waals surface area contributed by atoms with Gasteiger partial charge in [-0.25, -0.2) is 5.43 Å². The molecule has 1 aromatic carbocycles. The van der Waals surface area contributed by atoms with Gasteiger partial charge in [-0.2, -0.15) is 5.10 Å². The molecule has 0 bridgehead atoms. The van der Waals surface area contributed by atoms with Crippen molar-refractivity contribution in [3.8, 4) is 5.75 Å². The third kappa shape index (κ3) is 3.81. The summed E-state index contributed by atoms with van der Waals surface area (Å²) in [7, 11) is 0. The van der Waals surface area contributed by atoms with E-state index in [2.05, 4.69) is 10.5 Å². The first-order chi connectivity index (χ1) is 9.16. The van der Waals surface area contributed by atoms with E-state index in [0.29, 0.717) is 0 Å². The van der Waals surface area contributed by atoms with Crippen molar-refractivity contribution in [2.75, 3.05) is 0 Å². The van der Waals surface area contributed by atoms with Crippen molar-refractivity contribution in [2.24, 2.45) is 11.0 Å². The number of carbonyl (C=O) groups excluding carboxylic acids is 1. The van der Waals surface area contributed by atoms with Crippen LogP contribution in [0.15, 0.2) is 29.4 Å². The fourth-order valence-corrected chi connectivity index (χ4v) is 2.36. The van der Waals surface area contributed by atoms with Crippen LogP contribution in [0.1, 0.15) is 44.6 Å². The summed E-state index contributed by atoms with van der Waals surface area (Å²) in [6.45, 7) is 1.84. The number of carbonyl (C=O) groups is 1. The standard InChI is InChI=1S/C15H20N2O2/c1-11(12-7-9-14(18)10-8-12)16-17-15(19)13-5-3-2-4-6-13/h7-10,13,18H,2-6H2,1H3,(H,17,19)/b16-11+. The van der Waals surface area contributed by atoms with E-state index in [1.807, 2.05) is 6.92 Å². The number of nitrogens with zero attached hydrogens (tertiary/aromatic N) is 1. The molecular weight excluding hydrogens is 240 g/mol. The first kappa shape index (κ1) is 13.6. The molecule has 1 saturated carbocycles. The fraction of sp³-hybridized carbons (Fsp3) is 0.467. The lowest BCUT2D eigenvalue weighted by Crippen LogP contribution is -2.29. The first-order valence-electron chi connectivity index (χ1n) is 6.80. The lowest BCUT2D eigenvalue weighted by atomic mass is 9.89. The average Bonchev–Trinajstić information content (AvgIpc) is 2.46. The van der Waals surface area contributed by atoms with Crippen molar-refractivity contribution >= 4 is 11.6 Å². The average molecular weight is 260 g/mol. The maximum Gasteiger partial charge on any atom is 0.243 e. The third-order valence-electron chi connectivity index (χ3n) is 3.59. The Morgan fingerprint density at radius 3 is 2.47 bits per heavy atom. The molecule has 1 aliphatic carbocycles. The summed E-state index contributed by atoms with van der Waals surface area (Å²) in [4.78, 5) is 11.9. The van der Waals surface area contributed by atoms with Gasteiger partial charge in [0.15, 0.2) is 0 Å². The number of nitrogens with one attached hydrogen (secondary N) is 1. The Hall–Kier alpha value is -1.84. The quantitative estimate of drug-likeness (QED) is 0.648. The molecule has 0 unspecified atom stereocenters. The first-order valence-corrected chi connectivity index (χ1v) is 6.80. The van der Waals surface area contributed by atoms with Crippen molar-refractivity contribution in [3.05, 3.63) is 29.8 Å². The Balaban J connectivity index is 1.93. The van der Waals surface area contributed by atoms with Gasteiger partial charge in [0, 0.05) is 5.92 Å². The predicted octanol–water partition coefficient (Wildman–Crippen LogP) is 2.81. The molecule has 0 heterocycles. The van der Waals surface area contributed by atoms with Gasteiger partial charge < -0.3 is 5.11 Å². The van der Waals surface area contributed by atoms with Crippen LogP contribution in [-0.4, -0.2) is 16.7 Å². The highest BCUT2D eigenvalue weighted by atomic mass is 16.3. The molecule has 2 N–H and O–H groups in total. The minimum Gasteiger partial charge on any atom is -0.508 e. The zero-order chi connectivity index (χ0) is 13.7. The van der Waals surface area contributed by atoms with Gasteiger partial charge in [0.25, 0.3) is 0 Å². The monoisotopic (exact) mass is 260 g/mol. The Bertz CT molecular complexity index is 460. The van der Waals surface area contributed by atoms with Gasteiger partial charge in [-0.05, 0) is 49.6 Å². The molecule has 4 nitrogen and oxygen atoms in total. The van der Waals surface area contributed by atoms with Gasteiger partial charge >= 0.3 is 0 Å². The van der Waals surface area contributed by atoms with E-state index in [4.69, 9.17) is 0 Å². The molecule has 2 rings (SSSR count). The molecule has 0 spiro atoms. The van der Waals surface area contributed by atoms with E-state index < -0.39 is 0 Å². The van der Waals surface area contributed by atoms with E-state index in [9.17, 15) is 9.90 Å². The molecule has 4 heteroatoms. The van der Waals surface area contributed by atoms with Gasteiger partial charge in [0.1, 0.15) is 5.75 Å². The molecule has 1 aliphatic rings. The van der Waals surface area contributed by atoms with Crippen LogP contribution in [0.5, 0.6) is 5.75 Å². The molecular formula is C15H20N2O2. The summed E-state index contributed by atoms with van der Waals surface area (Å²) in [5.74, 6) is 0.366. The van der Waals surface area contributed by atoms with Crippen LogP contribution in [0.2, 0.25) is 0 Å². The molecule has 1 amide bonds. The zero-order valence-electron chi connectivity index (χ0n) is 11.2. The number of phenolic OH excluding ortho intramolecular Hbond substituents is 1. The van der Waals surface area contributed by atoms with E-state index >= 15 is 0 Å². The summed E-state index contributed by atoms with van der Waals surface area (Å²) in [5.41, 5.74) is 4.28. The van der Waals surface area contributed by atoms with Gasteiger partial charge in [-0.15, -0.1) is 0 Å². The molecule has 19 heavy (non-hydrogen) atoms. The second-order valence-corrected chi connectivity index (χ2v) is 5.06. The Kier molecular flexibility index (Phi) is 4.55. The third-order valence-corrected chi connectivity index (χ3v) is 3.59. The minimum atomic E-state index is 0.0258. The van der Waals surface area contributed by atoms with Crippen LogP contribution >= 0.6 is 0 Å². The Morgan fingerprint density at radius 1 is 1.21 bits per heavy atom. The number of aromatic hydroxyl groups is 1. The number of amides is 1. The second kappa shape index (κ2) is 6.36. The van der Waals surface area contributed by atoms with Crippen LogP contribution in [0, 0.1) is 5.92 Å². The zero-order valence-corrected chi connectivity index (χ0v) is 11.2. The summed E-state index contributed by atoms with van der Waals surface area (Å²) in [6, 6.07) is 6.77. The summed E-state index contributed by atoms with van der Waals surface area (Å²) >= 11 is 0. The van der Waals surface area contributed by atoms with E-state index in [0.717, 1.165) is 37.0 Å². The SMILES string of the molecule is C/C(=N\NC(=O)C1CCCCC1)c1ccc(O)cc1. The van der Waals surface area contributed by atoms with Crippen LogP contribution in [0.25, 0.3) is 0 Å². The summed E-state index contributed by atoms with van der Waals surface area (Å²) < 4.78 is 0. The summed E-state index contributed by atoms with van der Waals surface area (Å²) in [5, 5.41) is 13.4. The maximum absolute atomic E-state index is 11.9. The predicted molar refractivity (Wildman–Crippen MR) is 75.0 cm³/mol. The lowest BCUT2D eigenvalue weighted by molar-refractivity contribution is -0.125. The van der Waals surface area contributed by atoms with Crippen molar-refractivity contribution in [1.29, 1.82) is 0 Å². The van der Waals surface area contributed by atoms with Crippen LogP contribution in [0.4, 0.5) is 0 Å². The fourth-order valence-electron chi connectivity index (χ4n) is 2.36. The molecule has 1 aromatic rings. The van der Waals surface area contributed by atoms with Crippen LogP contribution in [-0.2, 0) is 4.79 Å². The second-order valence-electron chi connectivity index (χ2n) is 5.06. The van der Waals surface area contributed by atoms with Gasteiger partial charge in [0.05, 0.1) is 5.71 Å². The van der Waals surface area contributed by atoms with E-state index in [1.54, 1.807) is 24.3 Å². The minimum absolute atomic E-state index is 0.0258. The Labute approximate surface area is 113 Å².